The second kappa shape index (κ2) is 13.4. The molecule has 0 unspecified atom stereocenters. The first-order valence-electron chi connectivity index (χ1n) is 16.2. The van der Waals surface area contributed by atoms with E-state index in [1.54, 1.807) is 41.3 Å². The number of nitrogens with one attached hydrogen (secondary N) is 2. The lowest BCUT2D eigenvalue weighted by atomic mass is 9.73. The quantitative estimate of drug-likeness (QED) is 0.217. The number of fused-ring (bicyclic) bond motifs is 3. The number of carbonyl (C=O) groups is 3. The van der Waals surface area contributed by atoms with Crippen LogP contribution in [0.2, 0.25) is 0 Å². The van der Waals surface area contributed by atoms with E-state index in [1.165, 1.54) is 11.3 Å². The van der Waals surface area contributed by atoms with Gasteiger partial charge in [0.15, 0.2) is 6.61 Å². The Morgan fingerprint density at radius 2 is 1.74 bits per heavy atom. The standard InChI is InChI=1S/C36H34F3N5O5S/c1-22-6-11-27(31(40-22)43-19-35(20-43)13-16-48-17-14-35)32(45)41-25-9-7-23(8-10-25)33(46)44-15-12-24-18-29(42-34(47)49-21-36(37,38)39)50-30(24)26-4-2-3-5-28(26)44/h2-11,18H,12-17,19-21H2,1H3,(H,41,45)(H,42,47). The van der Waals surface area contributed by atoms with Gasteiger partial charge in [-0.05, 0) is 80.3 Å². The van der Waals surface area contributed by atoms with E-state index in [2.05, 4.69) is 20.3 Å². The Kier molecular flexibility index (Phi) is 8.99. The van der Waals surface area contributed by atoms with Crippen molar-refractivity contribution in [2.75, 3.05) is 59.9 Å². The molecule has 50 heavy (non-hydrogen) atoms. The van der Waals surface area contributed by atoms with E-state index < -0.39 is 18.9 Å². The number of carbonyl (C=O) groups excluding carboxylic acids is 3. The van der Waals surface area contributed by atoms with E-state index >= 15 is 0 Å². The third kappa shape index (κ3) is 7.03. The van der Waals surface area contributed by atoms with Crippen molar-refractivity contribution in [3.05, 3.63) is 89.1 Å². The zero-order chi connectivity index (χ0) is 35.0. The number of aryl methyl sites for hydroxylation is 1. The van der Waals surface area contributed by atoms with Crippen LogP contribution in [0.4, 0.5) is 40.2 Å². The topological polar surface area (TPSA) is 113 Å². The second-order valence-corrected chi connectivity index (χ2v) is 13.9. The predicted molar refractivity (Wildman–Crippen MR) is 184 cm³/mol. The molecule has 7 rings (SSSR count). The largest absolute Gasteiger partial charge is 0.440 e. The molecule has 2 aromatic heterocycles. The van der Waals surface area contributed by atoms with Gasteiger partial charge in [0, 0.05) is 65.6 Å². The summed E-state index contributed by atoms with van der Waals surface area (Å²) >= 11 is 1.20. The van der Waals surface area contributed by atoms with Gasteiger partial charge in [-0.1, -0.05) is 18.2 Å². The van der Waals surface area contributed by atoms with Crippen LogP contribution in [0.5, 0.6) is 0 Å². The number of nitrogens with zero attached hydrogens (tertiary/aromatic N) is 3. The van der Waals surface area contributed by atoms with Gasteiger partial charge in [-0.2, -0.15) is 13.2 Å². The van der Waals surface area contributed by atoms with Crippen LogP contribution in [0.1, 0.15) is 44.8 Å². The fourth-order valence-corrected chi connectivity index (χ4v) is 7.83. The Balaban J connectivity index is 1.03. The molecule has 260 valence electrons. The van der Waals surface area contributed by atoms with Crippen molar-refractivity contribution in [3.63, 3.8) is 0 Å². The highest BCUT2D eigenvalue weighted by molar-refractivity contribution is 7.19. The molecule has 5 heterocycles. The lowest BCUT2D eigenvalue weighted by molar-refractivity contribution is -0.159. The van der Waals surface area contributed by atoms with Gasteiger partial charge in [-0.25, -0.2) is 9.78 Å². The first-order valence-corrected chi connectivity index (χ1v) is 17.0. The van der Waals surface area contributed by atoms with Crippen molar-refractivity contribution in [1.82, 2.24) is 4.98 Å². The maximum atomic E-state index is 13.9. The van der Waals surface area contributed by atoms with Crippen LogP contribution >= 0.6 is 11.3 Å². The minimum atomic E-state index is -4.63. The number of para-hydroxylation sites is 1. The summed E-state index contributed by atoms with van der Waals surface area (Å²) in [6, 6.07) is 19.4. The molecular formula is C36H34F3N5O5S. The zero-order valence-corrected chi connectivity index (χ0v) is 28.0. The number of aromatic nitrogens is 1. The van der Waals surface area contributed by atoms with Gasteiger partial charge < -0.3 is 24.6 Å². The molecule has 2 fully saturated rings. The summed E-state index contributed by atoms with van der Waals surface area (Å²) < 4.78 is 47.2. The van der Waals surface area contributed by atoms with Crippen LogP contribution in [0.15, 0.2) is 66.7 Å². The second-order valence-electron chi connectivity index (χ2n) is 12.8. The van der Waals surface area contributed by atoms with Gasteiger partial charge in [-0.15, -0.1) is 11.3 Å². The number of hydrogen-bond acceptors (Lipinski definition) is 8. The number of thiophene rings is 1. The molecule has 3 aliphatic rings. The summed E-state index contributed by atoms with van der Waals surface area (Å²) in [7, 11) is 0. The number of benzene rings is 2. The first-order chi connectivity index (χ1) is 24.0. The van der Waals surface area contributed by atoms with Crippen LogP contribution in [-0.4, -0.2) is 68.5 Å². The van der Waals surface area contributed by atoms with Gasteiger partial charge in [0.2, 0.25) is 0 Å². The highest BCUT2D eigenvalue weighted by Crippen LogP contribution is 2.44. The highest BCUT2D eigenvalue weighted by atomic mass is 32.1. The number of amides is 3. The molecule has 3 amide bonds. The van der Waals surface area contributed by atoms with Gasteiger partial charge in [-0.3, -0.25) is 14.9 Å². The van der Waals surface area contributed by atoms with Crippen molar-refractivity contribution >= 4 is 51.4 Å². The molecule has 2 saturated heterocycles. The Morgan fingerprint density at radius 3 is 2.48 bits per heavy atom. The molecule has 0 radical (unpaired) electrons. The first kappa shape index (κ1) is 33.5. The molecule has 0 aliphatic carbocycles. The lowest BCUT2D eigenvalue weighted by Gasteiger charge is -2.53. The molecular weight excluding hydrogens is 671 g/mol. The van der Waals surface area contributed by atoms with Crippen LogP contribution in [-0.2, 0) is 15.9 Å². The fourth-order valence-electron chi connectivity index (χ4n) is 6.70. The third-order valence-electron chi connectivity index (χ3n) is 9.24. The van der Waals surface area contributed by atoms with Gasteiger partial charge in [0.05, 0.1) is 16.3 Å². The van der Waals surface area contributed by atoms with Crippen LogP contribution in [0, 0.1) is 12.3 Å². The molecule has 1 spiro atoms. The third-order valence-corrected chi connectivity index (χ3v) is 10.4. The Hall–Kier alpha value is -4.95. The van der Waals surface area contributed by atoms with Crippen LogP contribution in [0.25, 0.3) is 10.4 Å². The molecule has 10 nitrogen and oxygen atoms in total. The van der Waals surface area contributed by atoms with Gasteiger partial charge in [0.25, 0.3) is 11.8 Å². The molecule has 0 bridgehead atoms. The van der Waals surface area contributed by atoms with Crippen molar-refractivity contribution < 1.29 is 37.0 Å². The molecule has 3 aliphatic heterocycles. The van der Waals surface area contributed by atoms with Crippen molar-refractivity contribution in [2.45, 2.75) is 32.4 Å². The van der Waals surface area contributed by atoms with E-state index in [9.17, 15) is 27.6 Å². The molecule has 0 saturated carbocycles. The predicted octanol–water partition coefficient (Wildman–Crippen LogP) is 7.30. The smallest absolute Gasteiger partial charge is 0.422 e. The van der Waals surface area contributed by atoms with E-state index in [4.69, 9.17) is 9.72 Å². The average molecular weight is 706 g/mol. The summed E-state index contributed by atoms with van der Waals surface area (Å²) in [5.41, 5.74) is 4.76. The number of rotatable bonds is 6. The zero-order valence-electron chi connectivity index (χ0n) is 27.1. The maximum absolute atomic E-state index is 13.9. The monoisotopic (exact) mass is 705 g/mol. The molecule has 2 aromatic carbocycles. The van der Waals surface area contributed by atoms with E-state index in [-0.39, 0.29) is 17.2 Å². The fraction of sp³-hybridized carbons (Fsp3) is 0.333. The van der Waals surface area contributed by atoms with Crippen molar-refractivity contribution in [2.24, 2.45) is 5.41 Å². The summed E-state index contributed by atoms with van der Waals surface area (Å²) in [5.74, 6) is 0.156. The molecule has 14 heteroatoms. The highest BCUT2D eigenvalue weighted by Gasteiger charge is 2.45. The normalized spacial score (nSPS) is 16.5. The molecule has 2 N–H and O–H groups in total. The minimum absolute atomic E-state index is 0.220. The Bertz CT molecular complexity index is 1930. The molecule has 4 aromatic rings. The Morgan fingerprint density at radius 1 is 1.00 bits per heavy atom. The van der Waals surface area contributed by atoms with Gasteiger partial charge >= 0.3 is 12.3 Å². The van der Waals surface area contributed by atoms with Crippen LogP contribution < -0.4 is 20.4 Å². The summed E-state index contributed by atoms with van der Waals surface area (Å²) in [6.45, 7) is 3.76. The van der Waals surface area contributed by atoms with E-state index in [0.29, 0.717) is 46.3 Å². The number of ether oxygens (including phenoxy) is 2. The number of alkyl halides is 3. The number of halogens is 3. The van der Waals surface area contributed by atoms with E-state index in [1.807, 2.05) is 37.3 Å². The minimum Gasteiger partial charge on any atom is -0.440 e. The van der Waals surface area contributed by atoms with Crippen LogP contribution in [0.3, 0.4) is 0 Å². The Labute approximate surface area is 290 Å². The lowest BCUT2D eigenvalue weighted by Crippen LogP contribution is -2.59. The van der Waals surface area contributed by atoms with Crippen molar-refractivity contribution in [3.8, 4) is 10.4 Å². The van der Waals surface area contributed by atoms with E-state index in [0.717, 1.165) is 60.8 Å². The number of anilines is 4. The SMILES string of the molecule is Cc1ccc(C(=O)Nc2ccc(C(=O)N3CCc4cc(NC(=O)OCC(F)(F)F)sc4-c4ccccc43)cc2)c(N2CC3(CCOCC3)C2)n1. The summed E-state index contributed by atoms with van der Waals surface area (Å²) in [5, 5.41) is 5.68. The van der Waals surface area contributed by atoms with Crippen molar-refractivity contribution in [1.29, 1.82) is 0 Å². The summed E-state index contributed by atoms with van der Waals surface area (Å²) in [6.07, 6.45) is -3.36. The summed E-state index contributed by atoms with van der Waals surface area (Å²) in [4.78, 5) is 48.7. The number of hydrogen-bond donors (Lipinski definition) is 2. The maximum Gasteiger partial charge on any atom is 0.422 e. The number of pyridine rings is 1. The molecule has 0 atom stereocenters. The average Bonchev–Trinajstić information content (AvgIpc) is 3.41. The van der Waals surface area contributed by atoms with Gasteiger partial charge in [0.1, 0.15) is 5.82 Å².